The molecule has 1 rings (SSSR count). The number of carbonyl (C=O) groups excluding carboxylic acids is 1. The molecule has 0 aromatic rings. The van der Waals surface area contributed by atoms with Crippen LogP contribution in [0.2, 0.25) is 0 Å². The van der Waals surface area contributed by atoms with Crippen LogP contribution in [0.3, 0.4) is 0 Å². The average molecular weight is 108 g/mol. The maximum atomic E-state index is 10.5. The summed E-state index contributed by atoms with van der Waals surface area (Å²) < 4.78 is 0. The Hall–Kier alpha value is -0.850. The van der Waals surface area contributed by atoms with E-state index in [0.29, 0.717) is 0 Å². The van der Waals surface area contributed by atoms with Crippen molar-refractivity contribution in [2.45, 2.75) is 12.8 Å². The minimum atomic E-state index is 0.113. The predicted molar refractivity (Wildman–Crippen MR) is 32.5 cm³/mol. The van der Waals surface area contributed by atoms with Gasteiger partial charge in [0.15, 0.2) is 5.78 Å². The summed E-state index contributed by atoms with van der Waals surface area (Å²) in [4.78, 5) is 10.5. The Kier molecular flexibility index (Phi) is 1.62. The topological polar surface area (TPSA) is 17.1 Å². The predicted octanol–water partition coefficient (Wildman–Crippen LogP) is 1.46. The molecule has 42 valence electrons. The molecule has 0 aromatic heterocycles. The lowest BCUT2D eigenvalue weighted by Crippen LogP contribution is -1.80. The molecule has 0 saturated heterocycles. The Morgan fingerprint density at radius 2 is 1.62 bits per heavy atom. The average Bonchev–Trinajstić information content (AvgIpc) is 1.94. The van der Waals surface area contributed by atoms with Gasteiger partial charge >= 0.3 is 0 Å². The standard InChI is InChI=1S/C7H8O/c8-7-5-3-1-2-4-6-7/h3-6H,1-2H2. The third-order valence-corrected chi connectivity index (χ3v) is 1.06. The van der Waals surface area contributed by atoms with E-state index in [-0.39, 0.29) is 5.78 Å². The number of carbonyl (C=O) groups is 1. The largest absolute Gasteiger partial charge is 0.290 e. The van der Waals surface area contributed by atoms with Crippen molar-refractivity contribution in [3.63, 3.8) is 0 Å². The van der Waals surface area contributed by atoms with Crippen LogP contribution in [0.25, 0.3) is 0 Å². The maximum absolute atomic E-state index is 10.5. The van der Waals surface area contributed by atoms with E-state index in [9.17, 15) is 4.79 Å². The molecule has 0 spiro atoms. The van der Waals surface area contributed by atoms with Gasteiger partial charge in [0.05, 0.1) is 0 Å². The first-order valence-corrected chi connectivity index (χ1v) is 2.76. The van der Waals surface area contributed by atoms with Crippen molar-refractivity contribution in [1.82, 2.24) is 0 Å². The number of hydrogen-bond acceptors (Lipinski definition) is 1. The van der Waals surface area contributed by atoms with Gasteiger partial charge in [-0.15, -0.1) is 0 Å². The molecule has 0 atom stereocenters. The number of allylic oxidation sites excluding steroid dienone is 4. The van der Waals surface area contributed by atoms with E-state index in [0.717, 1.165) is 12.8 Å². The van der Waals surface area contributed by atoms with Gasteiger partial charge in [0.25, 0.3) is 0 Å². The normalized spacial score (nSPS) is 18.8. The smallest absolute Gasteiger partial charge is 0.177 e. The van der Waals surface area contributed by atoms with Crippen LogP contribution in [-0.4, -0.2) is 5.78 Å². The molecule has 0 radical (unpaired) electrons. The van der Waals surface area contributed by atoms with Gasteiger partial charge < -0.3 is 0 Å². The lowest BCUT2D eigenvalue weighted by atomic mass is 10.3. The van der Waals surface area contributed by atoms with Crippen molar-refractivity contribution in [2.24, 2.45) is 0 Å². The van der Waals surface area contributed by atoms with Crippen LogP contribution in [0.4, 0.5) is 0 Å². The second-order valence-electron chi connectivity index (χ2n) is 1.78. The van der Waals surface area contributed by atoms with Crippen molar-refractivity contribution in [1.29, 1.82) is 0 Å². The quantitative estimate of drug-likeness (QED) is 0.459. The monoisotopic (exact) mass is 108 g/mol. The molecule has 1 nitrogen and oxygen atoms in total. The lowest BCUT2D eigenvalue weighted by Gasteiger charge is -1.75. The van der Waals surface area contributed by atoms with Crippen LogP contribution in [0.15, 0.2) is 24.3 Å². The second-order valence-corrected chi connectivity index (χ2v) is 1.78. The van der Waals surface area contributed by atoms with Gasteiger partial charge in [-0.2, -0.15) is 0 Å². The van der Waals surface area contributed by atoms with Gasteiger partial charge in [0, 0.05) is 0 Å². The Balaban J connectivity index is 2.64. The van der Waals surface area contributed by atoms with Gasteiger partial charge in [0.2, 0.25) is 0 Å². The molecule has 0 aromatic carbocycles. The number of rotatable bonds is 0. The van der Waals surface area contributed by atoms with E-state index >= 15 is 0 Å². The minimum Gasteiger partial charge on any atom is -0.290 e. The highest BCUT2D eigenvalue weighted by Gasteiger charge is 1.90. The molecule has 0 aliphatic heterocycles. The summed E-state index contributed by atoms with van der Waals surface area (Å²) in [7, 11) is 0. The van der Waals surface area contributed by atoms with Gasteiger partial charge in [-0.3, -0.25) is 4.79 Å². The molecule has 0 heterocycles. The highest BCUT2D eigenvalue weighted by atomic mass is 16.1. The van der Waals surface area contributed by atoms with Crippen LogP contribution in [0.1, 0.15) is 12.8 Å². The van der Waals surface area contributed by atoms with Gasteiger partial charge in [-0.25, -0.2) is 0 Å². The highest BCUT2D eigenvalue weighted by Crippen LogP contribution is 1.98. The second kappa shape index (κ2) is 2.46. The van der Waals surface area contributed by atoms with E-state index in [1.54, 1.807) is 12.2 Å². The van der Waals surface area contributed by atoms with Crippen LogP contribution in [0, 0.1) is 0 Å². The molecule has 1 heteroatoms. The van der Waals surface area contributed by atoms with Crippen molar-refractivity contribution < 1.29 is 4.79 Å². The SMILES string of the molecule is O=C1C=CCCC=C1. The fourth-order valence-corrected chi connectivity index (χ4v) is 0.647. The molecule has 0 fully saturated rings. The maximum Gasteiger partial charge on any atom is 0.177 e. The third kappa shape index (κ3) is 1.34. The van der Waals surface area contributed by atoms with Crippen molar-refractivity contribution in [3.8, 4) is 0 Å². The van der Waals surface area contributed by atoms with Crippen LogP contribution >= 0.6 is 0 Å². The van der Waals surface area contributed by atoms with Gasteiger partial charge in [-0.1, -0.05) is 12.2 Å². The number of ketones is 1. The van der Waals surface area contributed by atoms with Gasteiger partial charge in [0.1, 0.15) is 0 Å². The summed E-state index contributed by atoms with van der Waals surface area (Å²) in [5, 5.41) is 0. The van der Waals surface area contributed by atoms with Crippen molar-refractivity contribution in [2.75, 3.05) is 0 Å². The Morgan fingerprint density at radius 1 is 1.12 bits per heavy atom. The molecule has 0 unspecified atom stereocenters. The molecule has 0 bridgehead atoms. The van der Waals surface area contributed by atoms with E-state index < -0.39 is 0 Å². The first-order chi connectivity index (χ1) is 3.89. The first-order valence-electron chi connectivity index (χ1n) is 2.76. The molecular formula is C7H8O. The Bertz CT molecular complexity index is 126. The van der Waals surface area contributed by atoms with Crippen LogP contribution in [-0.2, 0) is 4.79 Å². The molecule has 0 N–H and O–H groups in total. The molecule has 1 aliphatic carbocycles. The molecular weight excluding hydrogens is 100 g/mol. The zero-order valence-corrected chi connectivity index (χ0v) is 4.63. The van der Waals surface area contributed by atoms with E-state index in [4.69, 9.17) is 0 Å². The molecule has 0 saturated carbocycles. The summed E-state index contributed by atoms with van der Waals surface area (Å²) in [6.07, 6.45) is 9.04. The van der Waals surface area contributed by atoms with E-state index in [1.165, 1.54) is 0 Å². The zero-order chi connectivity index (χ0) is 5.82. The summed E-state index contributed by atoms with van der Waals surface area (Å²) >= 11 is 0. The lowest BCUT2D eigenvalue weighted by molar-refractivity contribution is -0.110. The van der Waals surface area contributed by atoms with Crippen LogP contribution in [0.5, 0.6) is 0 Å². The minimum absolute atomic E-state index is 0.113. The molecule has 0 amide bonds. The van der Waals surface area contributed by atoms with Crippen molar-refractivity contribution >= 4 is 5.78 Å². The highest BCUT2D eigenvalue weighted by molar-refractivity contribution is 5.99. The van der Waals surface area contributed by atoms with Crippen molar-refractivity contribution in [3.05, 3.63) is 24.3 Å². The zero-order valence-electron chi connectivity index (χ0n) is 4.63. The summed E-state index contributed by atoms with van der Waals surface area (Å²) in [5.41, 5.74) is 0. The summed E-state index contributed by atoms with van der Waals surface area (Å²) in [5.74, 6) is 0.113. The fourth-order valence-electron chi connectivity index (χ4n) is 0.647. The third-order valence-electron chi connectivity index (χ3n) is 1.06. The van der Waals surface area contributed by atoms with Gasteiger partial charge in [-0.05, 0) is 25.0 Å². The Morgan fingerprint density at radius 3 is 2.12 bits per heavy atom. The fraction of sp³-hybridized carbons (Fsp3) is 0.286. The van der Waals surface area contributed by atoms with Crippen LogP contribution < -0.4 is 0 Å². The number of hydrogen-bond donors (Lipinski definition) is 0. The van der Waals surface area contributed by atoms with E-state index in [1.807, 2.05) is 12.2 Å². The first kappa shape index (κ1) is 5.29. The summed E-state index contributed by atoms with van der Waals surface area (Å²) in [6.45, 7) is 0. The summed E-state index contributed by atoms with van der Waals surface area (Å²) in [6, 6.07) is 0. The van der Waals surface area contributed by atoms with E-state index in [2.05, 4.69) is 0 Å². The molecule has 1 aliphatic rings. The molecule has 8 heavy (non-hydrogen) atoms. The Labute approximate surface area is 48.7 Å².